The second kappa shape index (κ2) is 7.38. The molecule has 26 heavy (non-hydrogen) atoms. The van der Waals surface area contributed by atoms with E-state index in [1.54, 1.807) is 17.0 Å². The Labute approximate surface area is 149 Å². The predicted molar refractivity (Wildman–Crippen MR) is 90.3 cm³/mol. The molecule has 0 saturated carbocycles. The molecule has 1 fully saturated rings. The number of amides is 1. The van der Waals surface area contributed by atoms with E-state index < -0.39 is 26.6 Å². The first-order valence-corrected chi connectivity index (χ1v) is 9.31. The Morgan fingerprint density at radius 3 is 2.46 bits per heavy atom. The number of hydrogen-bond acceptors (Lipinski definition) is 4. The summed E-state index contributed by atoms with van der Waals surface area (Å²) in [5.41, 5.74) is 0.160. The number of hydrogen-bond donors (Lipinski definition) is 1. The molecule has 0 aliphatic carbocycles. The van der Waals surface area contributed by atoms with Gasteiger partial charge < -0.3 is 9.64 Å². The lowest BCUT2D eigenvalue weighted by Crippen LogP contribution is -2.41. The van der Waals surface area contributed by atoms with E-state index in [9.17, 15) is 22.0 Å². The average molecular weight is 382 g/mol. The first-order chi connectivity index (χ1) is 12.4. The number of morpholine rings is 1. The molecule has 138 valence electrons. The van der Waals surface area contributed by atoms with E-state index in [0.29, 0.717) is 32.4 Å². The number of carbonyl (C=O) groups is 1. The van der Waals surface area contributed by atoms with Crippen LogP contribution in [-0.4, -0.2) is 45.5 Å². The molecule has 0 unspecified atom stereocenters. The number of benzene rings is 2. The van der Waals surface area contributed by atoms with Gasteiger partial charge in [0.2, 0.25) is 0 Å². The fraction of sp³-hybridized carbons (Fsp3) is 0.235. The maximum absolute atomic E-state index is 13.9. The van der Waals surface area contributed by atoms with Crippen LogP contribution in [0.2, 0.25) is 0 Å². The van der Waals surface area contributed by atoms with Gasteiger partial charge in [-0.05, 0) is 24.3 Å². The van der Waals surface area contributed by atoms with Crippen LogP contribution >= 0.6 is 0 Å². The Bertz CT molecular complexity index is 928. The summed E-state index contributed by atoms with van der Waals surface area (Å²) >= 11 is 0. The quantitative estimate of drug-likeness (QED) is 0.880. The number of rotatable bonds is 4. The molecule has 6 nitrogen and oxygen atoms in total. The number of ether oxygens (including phenoxy) is 1. The van der Waals surface area contributed by atoms with Crippen LogP contribution in [0.3, 0.4) is 0 Å². The standard InChI is InChI=1S/C17H16F2N2O4S/c18-12-5-6-16(14(19)11-12)26(23,24)20-15-4-2-1-3-13(15)17(22)21-7-9-25-10-8-21/h1-6,11,20H,7-10H2. The van der Waals surface area contributed by atoms with Crippen molar-refractivity contribution in [3.8, 4) is 0 Å². The van der Waals surface area contributed by atoms with Crippen molar-refractivity contribution >= 4 is 21.6 Å². The number of sulfonamides is 1. The first kappa shape index (κ1) is 18.3. The van der Waals surface area contributed by atoms with Gasteiger partial charge in [-0.25, -0.2) is 17.2 Å². The molecule has 3 rings (SSSR count). The molecule has 9 heteroatoms. The van der Waals surface area contributed by atoms with Gasteiger partial charge in [-0.1, -0.05) is 12.1 Å². The summed E-state index contributed by atoms with van der Waals surface area (Å²) in [6, 6.07) is 8.21. The van der Waals surface area contributed by atoms with Crippen molar-refractivity contribution < 1.29 is 26.7 Å². The highest BCUT2D eigenvalue weighted by atomic mass is 32.2. The number of nitrogens with one attached hydrogen (secondary N) is 1. The van der Waals surface area contributed by atoms with Crippen molar-refractivity contribution in [3.63, 3.8) is 0 Å². The highest BCUT2D eigenvalue weighted by molar-refractivity contribution is 7.92. The van der Waals surface area contributed by atoms with Gasteiger partial charge in [0.1, 0.15) is 16.5 Å². The molecular weight excluding hydrogens is 366 g/mol. The molecule has 2 aromatic carbocycles. The Hall–Kier alpha value is -2.52. The van der Waals surface area contributed by atoms with E-state index in [1.165, 1.54) is 12.1 Å². The monoisotopic (exact) mass is 382 g/mol. The Balaban J connectivity index is 1.91. The summed E-state index contributed by atoms with van der Waals surface area (Å²) in [4.78, 5) is 13.5. The lowest BCUT2D eigenvalue weighted by molar-refractivity contribution is 0.0303. The summed E-state index contributed by atoms with van der Waals surface area (Å²) in [5.74, 6) is -2.45. The third-order valence-corrected chi connectivity index (χ3v) is 5.28. The van der Waals surface area contributed by atoms with Gasteiger partial charge in [-0.15, -0.1) is 0 Å². The Morgan fingerprint density at radius 1 is 1.08 bits per heavy atom. The van der Waals surface area contributed by atoms with E-state index in [4.69, 9.17) is 4.74 Å². The van der Waals surface area contributed by atoms with Gasteiger partial charge in [0.25, 0.3) is 15.9 Å². The van der Waals surface area contributed by atoms with Crippen LogP contribution in [0.25, 0.3) is 0 Å². The topological polar surface area (TPSA) is 75.7 Å². The van der Waals surface area contributed by atoms with Crippen LogP contribution in [0.15, 0.2) is 47.4 Å². The van der Waals surface area contributed by atoms with Gasteiger partial charge in [0, 0.05) is 19.2 Å². The van der Waals surface area contributed by atoms with E-state index in [-0.39, 0.29) is 17.2 Å². The molecule has 1 heterocycles. The SMILES string of the molecule is O=C(c1ccccc1NS(=O)(=O)c1ccc(F)cc1F)N1CCOCC1. The zero-order chi connectivity index (χ0) is 18.7. The molecule has 1 aliphatic heterocycles. The van der Waals surface area contributed by atoms with Crippen LogP contribution in [0, 0.1) is 11.6 Å². The minimum Gasteiger partial charge on any atom is -0.378 e. The number of anilines is 1. The lowest BCUT2D eigenvalue weighted by atomic mass is 10.1. The second-order valence-electron chi connectivity index (χ2n) is 5.63. The van der Waals surface area contributed by atoms with E-state index in [0.717, 1.165) is 12.1 Å². The highest BCUT2D eigenvalue weighted by Crippen LogP contribution is 2.23. The third-order valence-electron chi connectivity index (χ3n) is 3.88. The lowest BCUT2D eigenvalue weighted by Gasteiger charge is -2.27. The molecule has 0 radical (unpaired) electrons. The van der Waals surface area contributed by atoms with Crippen LogP contribution in [0.1, 0.15) is 10.4 Å². The van der Waals surface area contributed by atoms with E-state index in [2.05, 4.69) is 4.72 Å². The molecule has 0 spiro atoms. The van der Waals surface area contributed by atoms with Gasteiger partial charge in [0.05, 0.1) is 24.5 Å². The predicted octanol–water partition coefficient (Wildman–Crippen LogP) is 2.24. The summed E-state index contributed by atoms with van der Waals surface area (Å²) in [6.07, 6.45) is 0. The van der Waals surface area contributed by atoms with Crippen LogP contribution in [0.5, 0.6) is 0 Å². The number of carbonyl (C=O) groups excluding carboxylic acids is 1. The number of para-hydroxylation sites is 1. The number of halogens is 2. The van der Waals surface area contributed by atoms with Crippen LogP contribution in [-0.2, 0) is 14.8 Å². The van der Waals surface area contributed by atoms with Gasteiger partial charge in [-0.3, -0.25) is 9.52 Å². The van der Waals surface area contributed by atoms with Crippen molar-refractivity contribution in [2.45, 2.75) is 4.90 Å². The van der Waals surface area contributed by atoms with Crippen molar-refractivity contribution in [2.24, 2.45) is 0 Å². The molecule has 1 aliphatic rings. The van der Waals surface area contributed by atoms with Gasteiger partial charge >= 0.3 is 0 Å². The summed E-state index contributed by atoms with van der Waals surface area (Å²) < 4.78 is 59.2. The van der Waals surface area contributed by atoms with E-state index >= 15 is 0 Å². The molecular formula is C17H16F2N2O4S. The normalized spacial score (nSPS) is 14.9. The fourth-order valence-electron chi connectivity index (χ4n) is 2.59. The highest BCUT2D eigenvalue weighted by Gasteiger charge is 2.25. The van der Waals surface area contributed by atoms with E-state index in [1.807, 2.05) is 0 Å². The molecule has 1 N–H and O–H groups in total. The first-order valence-electron chi connectivity index (χ1n) is 7.82. The van der Waals surface area contributed by atoms with Crippen molar-refractivity contribution in [1.82, 2.24) is 4.90 Å². The molecule has 0 aromatic heterocycles. The van der Waals surface area contributed by atoms with Crippen molar-refractivity contribution in [3.05, 3.63) is 59.7 Å². The van der Waals surface area contributed by atoms with Gasteiger partial charge in [-0.2, -0.15) is 0 Å². The minimum atomic E-state index is -4.33. The maximum atomic E-state index is 13.9. The summed E-state index contributed by atoms with van der Waals surface area (Å²) in [7, 11) is -4.33. The molecule has 0 bridgehead atoms. The third kappa shape index (κ3) is 3.83. The zero-order valence-electron chi connectivity index (χ0n) is 13.6. The smallest absolute Gasteiger partial charge is 0.264 e. The van der Waals surface area contributed by atoms with Gasteiger partial charge in [0.15, 0.2) is 0 Å². The average Bonchev–Trinajstić information content (AvgIpc) is 2.61. The largest absolute Gasteiger partial charge is 0.378 e. The minimum absolute atomic E-state index is 0.0210. The Morgan fingerprint density at radius 2 is 1.77 bits per heavy atom. The van der Waals surface area contributed by atoms with Crippen molar-refractivity contribution in [1.29, 1.82) is 0 Å². The van der Waals surface area contributed by atoms with Crippen LogP contribution in [0.4, 0.5) is 14.5 Å². The van der Waals surface area contributed by atoms with Crippen molar-refractivity contribution in [2.75, 3.05) is 31.0 Å². The molecule has 1 amide bonds. The number of nitrogens with zero attached hydrogens (tertiary/aromatic N) is 1. The Kier molecular flexibility index (Phi) is 5.19. The molecule has 2 aromatic rings. The molecule has 1 saturated heterocycles. The summed E-state index contributed by atoms with van der Waals surface area (Å²) in [5, 5.41) is 0. The summed E-state index contributed by atoms with van der Waals surface area (Å²) in [6.45, 7) is 1.60. The van der Waals surface area contributed by atoms with Crippen LogP contribution < -0.4 is 4.72 Å². The fourth-order valence-corrected chi connectivity index (χ4v) is 3.73. The molecule has 0 atom stereocenters. The maximum Gasteiger partial charge on any atom is 0.264 e. The zero-order valence-corrected chi connectivity index (χ0v) is 14.4. The second-order valence-corrected chi connectivity index (χ2v) is 7.28.